The van der Waals surface area contributed by atoms with Crippen molar-refractivity contribution in [2.75, 3.05) is 13.6 Å². The fourth-order valence-corrected chi connectivity index (χ4v) is 3.90. The SMILES string of the molecule is Cc1sc(C(CN)N(C)C2CCC2)cc1Br. The van der Waals surface area contributed by atoms with E-state index in [1.807, 2.05) is 11.3 Å². The van der Waals surface area contributed by atoms with Crippen LogP contribution in [0.25, 0.3) is 0 Å². The Morgan fingerprint density at radius 2 is 2.31 bits per heavy atom. The Labute approximate surface area is 110 Å². The first kappa shape index (κ1) is 12.6. The van der Waals surface area contributed by atoms with Crippen LogP contribution in [0.5, 0.6) is 0 Å². The Kier molecular flexibility index (Phi) is 4.06. The molecule has 0 aromatic carbocycles. The number of thiophene rings is 1. The van der Waals surface area contributed by atoms with E-state index in [2.05, 4.69) is 40.9 Å². The first-order valence-corrected chi connectivity index (χ1v) is 7.42. The normalized spacial score (nSPS) is 18.8. The van der Waals surface area contributed by atoms with Gasteiger partial charge in [-0.1, -0.05) is 6.42 Å². The summed E-state index contributed by atoms with van der Waals surface area (Å²) in [6, 6.07) is 3.36. The number of likely N-dealkylation sites (N-methyl/N-ethyl adjacent to an activating group) is 1. The molecular weight excluding hydrogens is 284 g/mol. The van der Waals surface area contributed by atoms with E-state index < -0.39 is 0 Å². The number of nitrogens with zero attached hydrogens (tertiary/aromatic N) is 1. The van der Waals surface area contributed by atoms with Crippen molar-refractivity contribution in [3.63, 3.8) is 0 Å². The molecule has 2 rings (SSSR count). The van der Waals surface area contributed by atoms with Crippen LogP contribution in [0.4, 0.5) is 0 Å². The molecule has 90 valence electrons. The summed E-state index contributed by atoms with van der Waals surface area (Å²) in [7, 11) is 2.21. The average molecular weight is 303 g/mol. The van der Waals surface area contributed by atoms with Crippen molar-refractivity contribution in [2.45, 2.75) is 38.3 Å². The van der Waals surface area contributed by atoms with Crippen LogP contribution in [0.1, 0.15) is 35.1 Å². The van der Waals surface area contributed by atoms with Gasteiger partial charge in [0, 0.05) is 26.8 Å². The van der Waals surface area contributed by atoms with Gasteiger partial charge in [0.05, 0.1) is 6.04 Å². The van der Waals surface area contributed by atoms with Gasteiger partial charge in [-0.05, 0) is 48.8 Å². The zero-order valence-electron chi connectivity index (χ0n) is 9.87. The molecule has 1 saturated carbocycles. The third-order valence-electron chi connectivity index (χ3n) is 3.57. The molecule has 1 aromatic rings. The third-order valence-corrected chi connectivity index (χ3v) is 5.81. The van der Waals surface area contributed by atoms with E-state index in [-0.39, 0.29) is 0 Å². The highest BCUT2D eigenvalue weighted by atomic mass is 79.9. The van der Waals surface area contributed by atoms with Crippen LogP contribution in [0.15, 0.2) is 10.5 Å². The molecule has 0 radical (unpaired) electrons. The van der Waals surface area contributed by atoms with Gasteiger partial charge in [-0.15, -0.1) is 11.3 Å². The maximum Gasteiger partial charge on any atom is 0.0564 e. The number of rotatable bonds is 4. The minimum atomic E-state index is 0.389. The lowest BCUT2D eigenvalue weighted by Crippen LogP contribution is -2.42. The maximum atomic E-state index is 5.93. The molecule has 0 spiro atoms. The van der Waals surface area contributed by atoms with Gasteiger partial charge in [-0.3, -0.25) is 4.90 Å². The smallest absolute Gasteiger partial charge is 0.0564 e. The summed E-state index contributed by atoms with van der Waals surface area (Å²) in [6.45, 7) is 2.86. The molecule has 1 aromatic heterocycles. The maximum absolute atomic E-state index is 5.93. The van der Waals surface area contributed by atoms with Crippen molar-refractivity contribution in [1.82, 2.24) is 4.90 Å². The Morgan fingerprint density at radius 3 is 2.69 bits per heavy atom. The Balaban J connectivity index is 2.14. The average Bonchev–Trinajstić information content (AvgIpc) is 2.45. The summed E-state index contributed by atoms with van der Waals surface area (Å²) in [4.78, 5) is 5.19. The molecule has 1 atom stereocenters. The van der Waals surface area contributed by atoms with Gasteiger partial charge in [0.15, 0.2) is 0 Å². The summed E-state index contributed by atoms with van der Waals surface area (Å²) in [6.07, 6.45) is 4.04. The van der Waals surface area contributed by atoms with Gasteiger partial charge >= 0.3 is 0 Å². The number of nitrogens with two attached hydrogens (primary N) is 1. The molecule has 2 nitrogen and oxygen atoms in total. The fourth-order valence-electron chi connectivity index (χ4n) is 2.18. The molecule has 0 bridgehead atoms. The second kappa shape index (κ2) is 5.17. The van der Waals surface area contributed by atoms with Crippen molar-refractivity contribution in [1.29, 1.82) is 0 Å². The van der Waals surface area contributed by atoms with Crippen molar-refractivity contribution >= 4 is 27.3 Å². The molecule has 1 heterocycles. The van der Waals surface area contributed by atoms with Gasteiger partial charge < -0.3 is 5.73 Å². The summed E-state index contributed by atoms with van der Waals surface area (Å²) < 4.78 is 1.22. The zero-order chi connectivity index (χ0) is 11.7. The lowest BCUT2D eigenvalue weighted by atomic mass is 9.90. The van der Waals surface area contributed by atoms with Crippen LogP contribution in [0.2, 0.25) is 0 Å². The van der Waals surface area contributed by atoms with E-state index >= 15 is 0 Å². The van der Waals surface area contributed by atoms with Gasteiger partial charge in [0.25, 0.3) is 0 Å². The quantitative estimate of drug-likeness (QED) is 0.924. The van der Waals surface area contributed by atoms with Crippen LogP contribution in [0, 0.1) is 6.92 Å². The molecular formula is C12H19BrN2S. The second-order valence-corrected chi connectivity index (χ2v) is 6.70. The third kappa shape index (κ3) is 2.35. The van der Waals surface area contributed by atoms with E-state index in [1.165, 1.54) is 33.5 Å². The zero-order valence-corrected chi connectivity index (χ0v) is 12.3. The van der Waals surface area contributed by atoms with E-state index in [4.69, 9.17) is 5.73 Å². The molecule has 1 fully saturated rings. The summed E-state index contributed by atoms with van der Waals surface area (Å²) in [5.74, 6) is 0. The summed E-state index contributed by atoms with van der Waals surface area (Å²) in [5, 5.41) is 0. The molecule has 1 unspecified atom stereocenters. The van der Waals surface area contributed by atoms with E-state index in [1.54, 1.807) is 0 Å². The molecule has 2 N–H and O–H groups in total. The van der Waals surface area contributed by atoms with Crippen molar-refractivity contribution < 1.29 is 0 Å². The highest BCUT2D eigenvalue weighted by molar-refractivity contribution is 9.10. The monoisotopic (exact) mass is 302 g/mol. The minimum absolute atomic E-state index is 0.389. The van der Waals surface area contributed by atoms with Crippen molar-refractivity contribution in [2.24, 2.45) is 5.73 Å². The van der Waals surface area contributed by atoms with E-state index in [0.717, 1.165) is 6.04 Å². The summed E-state index contributed by atoms with van der Waals surface area (Å²) in [5.41, 5.74) is 5.93. The van der Waals surface area contributed by atoms with Gasteiger partial charge in [0.2, 0.25) is 0 Å². The van der Waals surface area contributed by atoms with Crippen molar-refractivity contribution in [3.05, 3.63) is 20.3 Å². The Bertz CT molecular complexity index is 340. The highest BCUT2D eigenvalue weighted by Gasteiger charge is 2.28. The lowest BCUT2D eigenvalue weighted by molar-refractivity contribution is 0.115. The first-order valence-electron chi connectivity index (χ1n) is 5.81. The van der Waals surface area contributed by atoms with Crippen LogP contribution < -0.4 is 5.73 Å². The Morgan fingerprint density at radius 1 is 1.62 bits per heavy atom. The van der Waals surface area contributed by atoms with Crippen LogP contribution in [-0.4, -0.2) is 24.5 Å². The highest BCUT2D eigenvalue weighted by Crippen LogP contribution is 2.36. The van der Waals surface area contributed by atoms with Crippen LogP contribution in [0.3, 0.4) is 0 Å². The van der Waals surface area contributed by atoms with Gasteiger partial charge in [0.1, 0.15) is 0 Å². The number of hydrogen-bond donors (Lipinski definition) is 1. The van der Waals surface area contributed by atoms with Gasteiger partial charge in [-0.2, -0.15) is 0 Å². The number of halogens is 1. The molecule has 0 amide bonds. The molecule has 1 aliphatic carbocycles. The van der Waals surface area contributed by atoms with E-state index in [9.17, 15) is 0 Å². The van der Waals surface area contributed by atoms with Crippen molar-refractivity contribution in [3.8, 4) is 0 Å². The lowest BCUT2D eigenvalue weighted by Gasteiger charge is -2.39. The minimum Gasteiger partial charge on any atom is -0.329 e. The van der Waals surface area contributed by atoms with Gasteiger partial charge in [-0.25, -0.2) is 0 Å². The van der Waals surface area contributed by atoms with E-state index in [0.29, 0.717) is 12.6 Å². The predicted octanol–water partition coefficient (Wildman–Crippen LogP) is 3.30. The van der Waals surface area contributed by atoms with Crippen LogP contribution in [-0.2, 0) is 0 Å². The molecule has 4 heteroatoms. The Hall–Kier alpha value is 0.100. The largest absolute Gasteiger partial charge is 0.329 e. The first-order chi connectivity index (χ1) is 7.63. The number of aryl methyl sites for hydroxylation is 1. The molecule has 0 aliphatic heterocycles. The summed E-state index contributed by atoms with van der Waals surface area (Å²) >= 11 is 5.44. The number of hydrogen-bond acceptors (Lipinski definition) is 3. The second-order valence-electron chi connectivity index (χ2n) is 4.55. The molecule has 0 saturated heterocycles. The molecule has 16 heavy (non-hydrogen) atoms. The molecule has 1 aliphatic rings. The van der Waals surface area contributed by atoms with Crippen LogP contribution >= 0.6 is 27.3 Å². The standard InChI is InChI=1S/C12H19BrN2S/c1-8-10(13)6-12(16-8)11(7-14)15(2)9-4-3-5-9/h6,9,11H,3-5,7,14H2,1-2H3. The predicted molar refractivity (Wildman–Crippen MR) is 74.0 cm³/mol. The topological polar surface area (TPSA) is 29.3 Å². The fraction of sp³-hybridized carbons (Fsp3) is 0.667.